The molecule has 1 atom stereocenters. The number of hydrogen-bond donors (Lipinski definition) is 3. The molecule has 31 heavy (non-hydrogen) atoms. The first-order chi connectivity index (χ1) is 15.0. The van der Waals surface area contributed by atoms with Crippen LogP contribution in [0, 0.1) is 5.92 Å². The lowest BCUT2D eigenvalue weighted by atomic mass is 10.0. The van der Waals surface area contributed by atoms with Crippen molar-refractivity contribution in [3.8, 4) is 17.0 Å². The average Bonchev–Trinajstić information content (AvgIpc) is 3.41. The highest BCUT2D eigenvalue weighted by Crippen LogP contribution is 2.32. The first kappa shape index (κ1) is 20.9. The zero-order valence-corrected chi connectivity index (χ0v) is 18.2. The van der Waals surface area contributed by atoms with Gasteiger partial charge < -0.3 is 20.7 Å². The molecular weight excluding hydrogens is 412 g/mol. The van der Waals surface area contributed by atoms with E-state index in [2.05, 4.69) is 27.0 Å². The second-order valence-electron chi connectivity index (χ2n) is 7.63. The van der Waals surface area contributed by atoms with Crippen LogP contribution in [0.1, 0.15) is 19.4 Å². The number of anilines is 2. The molecule has 3 amide bonds. The molecule has 1 unspecified atom stereocenters. The molecule has 3 N–H and O–H groups in total. The summed E-state index contributed by atoms with van der Waals surface area (Å²) in [5.41, 5.74) is 3.62. The van der Waals surface area contributed by atoms with Crippen molar-refractivity contribution in [2.24, 2.45) is 5.92 Å². The molecule has 3 aromatic rings. The fourth-order valence-electron chi connectivity index (χ4n) is 3.36. The average molecular weight is 437 g/mol. The molecule has 8 heteroatoms. The van der Waals surface area contributed by atoms with Gasteiger partial charge >= 0.3 is 6.03 Å². The molecule has 0 spiro atoms. The minimum atomic E-state index is -0.701. The molecule has 4 rings (SSSR count). The number of benzene rings is 2. The number of fused-ring (bicyclic) bond motifs is 1. The maximum atomic E-state index is 12.8. The van der Waals surface area contributed by atoms with Crippen molar-refractivity contribution in [3.05, 3.63) is 59.5 Å². The van der Waals surface area contributed by atoms with Gasteiger partial charge in [-0.25, -0.2) is 9.78 Å². The Hall–Kier alpha value is -3.39. The Labute approximate surface area is 184 Å². The van der Waals surface area contributed by atoms with Crippen molar-refractivity contribution in [1.82, 2.24) is 10.3 Å². The van der Waals surface area contributed by atoms with Crippen LogP contribution >= 0.6 is 11.3 Å². The molecule has 7 nitrogen and oxygen atoms in total. The number of carbonyl (C=O) groups is 2. The predicted octanol–water partition coefficient (Wildman–Crippen LogP) is 4.53. The number of carbonyl (C=O) groups excluding carboxylic acids is 2. The highest BCUT2D eigenvalue weighted by Gasteiger charge is 2.25. The zero-order valence-electron chi connectivity index (χ0n) is 17.3. The van der Waals surface area contributed by atoms with E-state index in [9.17, 15) is 9.59 Å². The second-order valence-corrected chi connectivity index (χ2v) is 8.49. The summed E-state index contributed by atoms with van der Waals surface area (Å²) in [4.78, 5) is 29.7. The standard InChI is InChI=1S/C23H24N4O3S/c1-14(2)20(26-22(29)24-17-6-4-3-5-7-17)21(28)27-23-25-18(13-31-23)15-8-9-19-16(12-15)10-11-30-19/h3-9,12-14,20H,10-11H2,1-2H3,(H2,24,26,29)(H,25,27,28). The Morgan fingerprint density at radius 2 is 1.90 bits per heavy atom. The Morgan fingerprint density at radius 3 is 2.68 bits per heavy atom. The molecule has 1 aromatic heterocycles. The molecule has 1 aliphatic rings. The zero-order chi connectivity index (χ0) is 21.8. The maximum absolute atomic E-state index is 12.8. The van der Waals surface area contributed by atoms with Crippen molar-refractivity contribution in [1.29, 1.82) is 0 Å². The summed E-state index contributed by atoms with van der Waals surface area (Å²) in [5, 5.41) is 10.7. The SMILES string of the molecule is CC(C)C(NC(=O)Nc1ccccc1)C(=O)Nc1nc(-c2ccc3c(c2)CCO3)cs1. The molecule has 2 aromatic carbocycles. The molecule has 0 saturated carbocycles. The molecule has 0 aliphatic carbocycles. The Morgan fingerprint density at radius 1 is 1.10 bits per heavy atom. The molecule has 0 fully saturated rings. The molecule has 0 saturated heterocycles. The van der Waals surface area contributed by atoms with Crippen molar-refractivity contribution in [3.63, 3.8) is 0 Å². The number of rotatable bonds is 6. The van der Waals surface area contributed by atoms with E-state index in [1.165, 1.54) is 16.9 Å². The highest BCUT2D eigenvalue weighted by molar-refractivity contribution is 7.14. The van der Waals surface area contributed by atoms with Gasteiger partial charge in [-0.3, -0.25) is 4.79 Å². The molecule has 2 heterocycles. The van der Waals surface area contributed by atoms with Crippen LogP contribution in [0.25, 0.3) is 11.3 Å². The summed E-state index contributed by atoms with van der Waals surface area (Å²) in [6, 6.07) is 14.0. The van der Waals surface area contributed by atoms with Gasteiger partial charge in [-0.2, -0.15) is 0 Å². The normalized spacial score (nSPS) is 13.3. The number of aromatic nitrogens is 1. The van der Waals surface area contributed by atoms with Crippen molar-refractivity contribution >= 4 is 34.1 Å². The Bertz CT molecular complexity index is 1080. The monoisotopic (exact) mass is 436 g/mol. The summed E-state index contributed by atoms with van der Waals surface area (Å²) >= 11 is 1.35. The number of nitrogens with zero attached hydrogens (tertiary/aromatic N) is 1. The van der Waals surface area contributed by atoms with E-state index >= 15 is 0 Å². The van der Waals surface area contributed by atoms with Crippen molar-refractivity contribution in [2.75, 3.05) is 17.2 Å². The van der Waals surface area contributed by atoms with Crippen molar-refractivity contribution in [2.45, 2.75) is 26.3 Å². The first-order valence-electron chi connectivity index (χ1n) is 10.1. The van der Waals surface area contributed by atoms with E-state index in [1.54, 1.807) is 12.1 Å². The van der Waals surface area contributed by atoms with Crippen LogP contribution in [0.3, 0.4) is 0 Å². The van der Waals surface area contributed by atoms with E-state index < -0.39 is 12.1 Å². The van der Waals surface area contributed by atoms with E-state index in [4.69, 9.17) is 4.74 Å². The number of hydrogen-bond acceptors (Lipinski definition) is 5. The van der Waals surface area contributed by atoms with Crippen LogP contribution in [-0.2, 0) is 11.2 Å². The summed E-state index contributed by atoms with van der Waals surface area (Å²) < 4.78 is 5.55. The molecule has 0 radical (unpaired) electrons. The fraction of sp³-hybridized carbons (Fsp3) is 0.261. The van der Waals surface area contributed by atoms with Gasteiger partial charge in [0.25, 0.3) is 0 Å². The quantitative estimate of drug-likeness (QED) is 0.529. The van der Waals surface area contributed by atoms with Crippen molar-refractivity contribution < 1.29 is 14.3 Å². The minimum Gasteiger partial charge on any atom is -0.493 e. The van der Waals surface area contributed by atoms with Crippen LogP contribution < -0.4 is 20.7 Å². The molecular formula is C23H24N4O3S. The number of amides is 3. The lowest BCUT2D eigenvalue weighted by Crippen LogP contribution is -2.48. The highest BCUT2D eigenvalue weighted by atomic mass is 32.1. The number of urea groups is 1. The van der Waals surface area contributed by atoms with Gasteiger partial charge in [-0.05, 0) is 41.8 Å². The number of ether oxygens (including phenoxy) is 1. The van der Waals surface area contributed by atoms with Gasteiger partial charge in [0.15, 0.2) is 5.13 Å². The molecule has 160 valence electrons. The third kappa shape index (κ3) is 5.03. The molecule has 0 bridgehead atoms. The van der Waals surface area contributed by atoms with E-state index in [1.807, 2.05) is 49.6 Å². The van der Waals surface area contributed by atoms with Gasteiger partial charge in [-0.15, -0.1) is 11.3 Å². The van der Waals surface area contributed by atoms with Crippen LogP contribution in [0.5, 0.6) is 5.75 Å². The van der Waals surface area contributed by atoms with Gasteiger partial charge in [0, 0.05) is 23.1 Å². The molecule has 1 aliphatic heterocycles. The summed E-state index contributed by atoms with van der Waals surface area (Å²) in [6.45, 7) is 4.47. The lowest BCUT2D eigenvalue weighted by Gasteiger charge is -2.21. The van der Waals surface area contributed by atoms with Crippen LogP contribution in [0.2, 0.25) is 0 Å². The number of thiazole rings is 1. The van der Waals surface area contributed by atoms with Crippen LogP contribution in [0.15, 0.2) is 53.9 Å². The first-order valence-corrected chi connectivity index (χ1v) is 11.0. The summed E-state index contributed by atoms with van der Waals surface area (Å²) in [6.07, 6.45) is 0.893. The fourth-order valence-corrected chi connectivity index (χ4v) is 4.08. The smallest absolute Gasteiger partial charge is 0.319 e. The largest absolute Gasteiger partial charge is 0.493 e. The van der Waals surface area contributed by atoms with Crippen LogP contribution in [0.4, 0.5) is 15.6 Å². The van der Waals surface area contributed by atoms with Crippen LogP contribution in [-0.4, -0.2) is 29.6 Å². The Balaban J connectivity index is 1.40. The van der Waals surface area contributed by atoms with E-state index in [-0.39, 0.29) is 11.8 Å². The summed E-state index contributed by atoms with van der Waals surface area (Å²) in [7, 11) is 0. The topological polar surface area (TPSA) is 92.4 Å². The second kappa shape index (κ2) is 9.18. The predicted molar refractivity (Wildman–Crippen MR) is 123 cm³/mol. The summed E-state index contributed by atoms with van der Waals surface area (Å²) in [5.74, 6) is 0.520. The number of para-hydroxylation sites is 1. The van der Waals surface area contributed by atoms with Gasteiger partial charge in [0.2, 0.25) is 5.91 Å². The Kier molecular flexibility index (Phi) is 6.18. The van der Waals surface area contributed by atoms with Gasteiger partial charge in [-0.1, -0.05) is 32.0 Å². The minimum absolute atomic E-state index is 0.0994. The van der Waals surface area contributed by atoms with Gasteiger partial charge in [0.1, 0.15) is 11.8 Å². The van der Waals surface area contributed by atoms with E-state index in [0.717, 1.165) is 23.4 Å². The third-order valence-corrected chi connectivity index (χ3v) is 5.74. The van der Waals surface area contributed by atoms with Gasteiger partial charge in [0.05, 0.1) is 12.3 Å². The lowest BCUT2D eigenvalue weighted by molar-refractivity contribution is -0.118. The number of nitrogens with one attached hydrogen (secondary N) is 3. The van der Waals surface area contributed by atoms with E-state index in [0.29, 0.717) is 17.4 Å². The third-order valence-electron chi connectivity index (χ3n) is 4.99. The maximum Gasteiger partial charge on any atom is 0.319 e.